The molecule has 0 amide bonds. The lowest BCUT2D eigenvalue weighted by Crippen LogP contribution is -2.20. The van der Waals surface area contributed by atoms with Gasteiger partial charge in [-0.05, 0) is 38.1 Å². The van der Waals surface area contributed by atoms with E-state index in [1.54, 1.807) is 0 Å². The fourth-order valence-corrected chi connectivity index (χ4v) is 2.03. The zero-order valence-corrected chi connectivity index (χ0v) is 11.1. The first-order valence-corrected chi connectivity index (χ1v) is 6.38. The van der Waals surface area contributed by atoms with E-state index >= 15 is 0 Å². The summed E-state index contributed by atoms with van der Waals surface area (Å²) < 4.78 is 1.07. The Hall–Kier alpha value is -0.870. The number of aromatic amines is 1. The fourth-order valence-electron chi connectivity index (χ4n) is 1.66. The van der Waals surface area contributed by atoms with Crippen LogP contribution in [0.1, 0.15) is 32.1 Å². The standard InChI is InChI=1S/C12H16BrN3/c1-3-6-14-8(2)12-15-10-5-4-9(13)7-11(10)16-12/h4-5,7-8,14H,3,6H2,1-2H3,(H,15,16). The summed E-state index contributed by atoms with van der Waals surface area (Å²) in [6.45, 7) is 5.31. The molecule has 2 aromatic rings. The number of benzene rings is 1. The Morgan fingerprint density at radius 2 is 2.31 bits per heavy atom. The van der Waals surface area contributed by atoms with Crippen molar-refractivity contribution >= 4 is 27.0 Å². The van der Waals surface area contributed by atoms with Crippen LogP contribution in [0, 0.1) is 0 Å². The van der Waals surface area contributed by atoms with Crippen LogP contribution in [0.5, 0.6) is 0 Å². The third kappa shape index (κ3) is 2.44. The van der Waals surface area contributed by atoms with Crippen LogP contribution in [0.3, 0.4) is 0 Å². The number of nitrogens with one attached hydrogen (secondary N) is 2. The molecule has 1 unspecified atom stereocenters. The molecule has 0 radical (unpaired) electrons. The predicted molar refractivity (Wildman–Crippen MR) is 70.5 cm³/mol. The van der Waals surface area contributed by atoms with E-state index in [-0.39, 0.29) is 6.04 Å². The molecule has 3 nitrogen and oxygen atoms in total. The molecule has 16 heavy (non-hydrogen) atoms. The summed E-state index contributed by atoms with van der Waals surface area (Å²) in [5.74, 6) is 1.00. The van der Waals surface area contributed by atoms with Crippen molar-refractivity contribution in [2.45, 2.75) is 26.3 Å². The Morgan fingerprint density at radius 1 is 1.50 bits per heavy atom. The minimum atomic E-state index is 0.270. The van der Waals surface area contributed by atoms with Gasteiger partial charge in [0.15, 0.2) is 0 Å². The van der Waals surface area contributed by atoms with Crippen LogP contribution in [-0.2, 0) is 0 Å². The van der Waals surface area contributed by atoms with Crippen molar-refractivity contribution in [3.05, 3.63) is 28.5 Å². The smallest absolute Gasteiger partial charge is 0.124 e. The lowest BCUT2D eigenvalue weighted by Gasteiger charge is -2.09. The Balaban J connectivity index is 2.25. The van der Waals surface area contributed by atoms with Crippen LogP contribution < -0.4 is 5.32 Å². The number of fused-ring (bicyclic) bond motifs is 1. The minimum Gasteiger partial charge on any atom is -0.341 e. The third-order valence-electron chi connectivity index (χ3n) is 2.57. The fraction of sp³-hybridized carbons (Fsp3) is 0.417. The SMILES string of the molecule is CCCNC(C)c1nc2ccc(Br)cc2[nH]1. The summed E-state index contributed by atoms with van der Waals surface area (Å²) in [6, 6.07) is 6.35. The van der Waals surface area contributed by atoms with Gasteiger partial charge in [0.05, 0.1) is 17.1 Å². The van der Waals surface area contributed by atoms with Gasteiger partial charge in [-0.1, -0.05) is 22.9 Å². The lowest BCUT2D eigenvalue weighted by atomic mass is 10.3. The van der Waals surface area contributed by atoms with Crippen LogP contribution in [0.25, 0.3) is 11.0 Å². The highest BCUT2D eigenvalue weighted by molar-refractivity contribution is 9.10. The average Bonchev–Trinajstić information content (AvgIpc) is 2.68. The first kappa shape index (κ1) is 11.6. The molecule has 0 aliphatic rings. The van der Waals surface area contributed by atoms with Crippen molar-refractivity contribution in [2.24, 2.45) is 0 Å². The molecule has 0 bridgehead atoms. The van der Waals surface area contributed by atoms with Crippen LogP contribution in [0.2, 0.25) is 0 Å². The highest BCUT2D eigenvalue weighted by atomic mass is 79.9. The summed E-state index contributed by atoms with van der Waals surface area (Å²) in [5.41, 5.74) is 2.10. The first-order chi connectivity index (χ1) is 7.70. The summed E-state index contributed by atoms with van der Waals surface area (Å²) in [5, 5.41) is 3.42. The summed E-state index contributed by atoms with van der Waals surface area (Å²) in [6.07, 6.45) is 1.14. The number of H-pyrrole nitrogens is 1. The van der Waals surface area contributed by atoms with Crippen molar-refractivity contribution in [3.63, 3.8) is 0 Å². The first-order valence-electron chi connectivity index (χ1n) is 5.59. The van der Waals surface area contributed by atoms with E-state index in [1.165, 1.54) is 0 Å². The number of aromatic nitrogens is 2. The van der Waals surface area contributed by atoms with E-state index < -0.39 is 0 Å². The van der Waals surface area contributed by atoms with Gasteiger partial charge >= 0.3 is 0 Å². The molecule has 1 aromatic heterocycles. The van der Waals surface area contributed by atoms with Gasteiger partial charge in [-0.25, -0.2) is 4.98 Å². The second-order valence-electron chi connectivity index (χ2n) is 3.96. The van der Waals surface area contributed by atoms with Crippen LogP contribution in [0.4, 0.5) is 0 Å². The number of hydrogen-bond acceptors (Lipinski definition) is 2. The Kier molecular flexibility index (Phi) is 3.61. The molecule has 0 saturated heterocycles. The van der Waals surface area contributed by atoms with Gasteiger partial charge in [-0.15, -0.1) is 0 Å². The maximum absolute atomic E-state index is 4.57. The van der Waals surface area contributed by atoms with E-state index in [9.17, 15) is 0 Å². The van der Waals surface area contributed by atoms with E-state index in [0.29, 0.717) is 0 Å². The monoisotopic (exact) mass is 281 g/mol. The van der Waals surface area contributed by atoms with Crippen LogP contribution >= 0.6 is 15.9 Å². The average molecular weight is 282 g/mol. The highest BCUT2D eigenvalue weighted by Gasteiger charge is 2.09. The van der Waals surface area contributed by atoms with Gasteiger partial charge in [-0.3, -0.25) is 0 Å². The van der Waals surface area contributed by atoms with Crippen molar-refractivity contribution in [2.75, 3.05) is 6.54 Å². The molecule has 0 aliphatic heterocycles. The highest BCUT2D eigenvalue weighted by Crippen LogP contribution is 2.20. The van der Waals surface area contributed by atoms with Crippen LogP contribution in [0.15, 0.2) is 22.7 Å². The normalized spacial score (nSPS) is 13.2. The molecule has 0 aliphatic carbocycles. The molecule has 0 spiro atoms. The predicted octanol–water partition coefficient (Wildman–Crippen LogP) is 3.39. The molecular formula is C12H16BrN3. The van der Waals surface area contributed by atoms with Crippen molar-refractivity contribution < 1.29 is 0 Å². The number of halogens is 1. The molecule has 0 saturated carbocycles. The molecule has 1 aromatic carbocycles. The zero-order valence-electron chi connectivity index (χ0n) is 9.55. The summed E-state index contributed by atoms with van der Waals surface area (Å²) in [7, 11) is 0. The number of rotatable bonds is 4. The van der Waals surface area contributed by atoms with Gasteiger partial charge in [0.25, 0.3) is 0 Å². The third-order valence-corrected chi connectivity index (χ3v) is 3.07. The second kappa shape index (κ2) is 4.97. The molecule has 0 fully saturated rings. The van der Waals surface area contributed by atoms with Crippen molar-refractivity contribution in [1.82, 2.24) is 15.3 Å². The van der Waals surface area contributed by atoms with E-state index in [2.05, 4.69) is 51.1 Å². The van der Waals surface area contributed by atoms with E-state index in [0.717, 1.165) is 34.3 Å². The molecule has 86 valence electrons. The molecule has 1 heterocycles. The topological polar surface area (TPSA) is 40.7 Å². The quantitative estimate of drug-likeness (QED) is 0.902. The maximum Gasteiger partial charge on any atom is 0.124 e. The molecular weight excluding hydrogens is 266 g/mol. The number of hydrogen-bond donors (Lipinski definition) is 2. The van der Waals surface area contributed by atoms with Crippen LogP contribution in [-0.4, -0.2) is 16.5 Å². The molecule has 2 N–H and O–H groups in total. The summed E-state index contributed by atoms with van der Waals surface area (Å²) >= 11 is 3.46. The molecule has 4 heteroatoms. The van der Waals surface area contributed by atoms with E-state index in [1.807, 2.05) is 12.1 Å². The summed E-state index contributed by atoms with van der Waals surface area (Å²) in [4.78, 5) is 7.91. The van der Waals surface area contributed by atoms with Crippen molar-refractivity contribution in [3.8, 4) is 0 Å². The van der Waals surface area contributed by atoms with Gasteiger partial charge < -0.3 is 10.3 Å². The largest absolute Gasteiger partial charge is 0.341 e. The van der Waals surface area contributed by atoms with E-state index in [4.69, 9.17) is 0 Å². The molecule has 1 atom stereocenters. The number of nitrogens with zero attached hydrogens (tertiary/aromatic N) is 1. The Morgan fingerprint density at radius 3 is 3.06 bits per heavy atom. The van der Waals surface area contributed by atoms with Gasteiger partial charge in [0.2, 0.25) is 0 Å². The second-order valence-corrected chi connectivity index (χ2v) is 4.88. The Labute approximate surface area is 104 Å². The lowest BCUT2D eigenvalue weighted by molar-refractivity contribution is 0.550. The zero-order chi connectivity index (χ0) is 11.5. The minimum absolute atomic E-state index is 0.270. The van der Waals surface area contributed by atoms with Gasteiger partial charge in [-0.2, -0.15) is 0 Å². The number of imidazole rings is 1. The maximum atomic E-state index is 4.57. The van der Waals surface area contributed by atoms with Crippen molar-refractivity contribution in [1.29, 1.82) is 0 Å². The van der Waals surface area contributed by atoms with Gasteiger partial charge in [0.1, 0.15) is 5.82 Å². The Bertz CT molecular complexity index is 478. The molecule has 2 rings (SSSR count). The van der Waals surface area contributed by atoms with Gasteiger partial charge in [0, 0.05) is 4.47 Å².